The number of amides is 1. The first-order valence-electron chi connectivity index (χ1n) is 8.67. The maximum absolute atomic E-state index is 12.4. The highest BCUT2D eigenvalue weighted by Crippen LogP contribution is 2.22. The molecule has 1 fully saturated rings. The van der Waals surface area contributed by atoms with E-state index in [-0.39, 0.29) is 11.9 Å². The van der Waals surface area contributed by atoms with Crippen LogP contribution in [0.5, 0.6) is 0 Å². The van der Waals surface area contributed by atoms with Gasteiger partial charge in [0, 0.05) is 44.0 Å². The number of hydrogen-bond acceptors (Lipinski definition) is 3. The molecule has 0 spiro atoms. The monoisotopic (exact) mass is 334 g/mol. The molecule has 1 unspecified atom stereocenters. The van der Waals surface area contributed by atoms with E-state index in [9.17, 15) is 4.79 Å². The molecule has 25 heavy (non-hydrogen) atoms. The zero-order valence-electron chi connectivity index (χ0n) is 14.3. The fraction of sp³-hybridized carbons (Fsp3) is 0.300. The van der Waals surface area contributed by atoms with Crippen molar-refractivity contribution in [3.05, 3.63) is 65.7 Å². The summed E-state index contributed by atoms with van der Waals surface area (Å²) in [6.07, 6.45) is 2.39. The normalized spacial score (nSPS) is 17.6. The summed E-state index contributed by atoms with van der Waals surface area (Å²) in [5, 5.41) is 5.90. The molecule has 1 saturated heterocycles. The number of carbonyl (C=O) groups is 1. The van der Waals surface area contributed by atoms with E-state index in [1.54, 1.807) is 0 Å². The standard InChI is InChI=1S/C20H22N4O/c1-14-21-10-18(23-14)11-22-17-9-20(25)24(13-17)12-16-7-4-6-15-5-2-3-8-19(15)16/h2-8,10,17,22H,9,11-13H2,1H3,(H,21,23). The van der Waals surface area contributed by atoms with Gasteiger partial charge in [-0.05, 0) is 23.3 Å². The molecule has 1 atom stereocenters. The fourth-order valence-electron chi connectivity index (χ4n) is 3.51. The Morgan fingerprint density at radius 3 is 2.92 bits per heavy atom. The van der Waals surface area contributed by atoms with Crippen LogP contribution in [0.1, 0.15) is 23.5 Å². The first-order chi connectivity index (χ1) is 12.2. The Hall–Kier alpha value is -2.66. The van der Waals surface area contributed by atoms with Crippen LogP contribution >= 0.6 is 0 Å². The summed E-state index contributed by atoms with van der Waals surface area (Å²) in [5.74, 6) is 1.13. The number of carbonyl (C=O) groups excluding carboxylic acids is 1. The number of hydrogen-bond donors (Lipinski definition) is 2. The zero-order chi connectivity index (χ0) is 17.2. The second-order valence-electron chi connectivity index (χ2n) is 6.69. The van der Waals surface area contributed by atoms with Crippen molar-refractivity contribution in [2.75, 3.05) is 6.54 Å². The molecular weight excluding hydrogens is 312 g/mol. The summed E-state index contributed by atoms with van der Waals surface area (Å²) >= 11 is 0. The predicted octanol–water partition coefficient (Wildman–Crippen LogP) is 2.76. The van der Waals surface area contributed by atoms with Crippen molar-refractivity contribution in [1.29, 1.82) is 0 Å². The molecule has 1 aliphatic heterocycles. The number of aromatic nitrogens is 2. The van der Waals surface area contributed by atoms with Gasteiger partial charge in [0.2, 0.25) is 5.91 Å². The number of aromatic amines is 1. The number of nitrogens with zero attached hydrogens (tertiary/aromatic N) is 2. The predicted molar refractivity (Wildman–Crippen MR) is 97.9 cm³/mol. The Labute approximate surface area is 147 Å². The van der Waals surface area contributed by atoms with Gasteiger partial charge in [0.15, 0.2) is 0 Å². The second-order valence-corrected chi connectivity index (χ2v) is 6.69. The molecule has 1 aromatic heterocycles. The van der Waals surface area contributed by atoms with Crippen LogP contribution < -0.4 is 5.32 Å². The van der Waals surface area contributed by atoms with Crippen LogP contribution in [-0.2, 0) is 17.9 Å². The van der Waals surface area contributed by atoms with E-state index in [1.807, 2.05) is 30.2 Å². The lowest BCUT2D eigenvalue weighted by molar-refractivity contribution is -0.128. The Bertz CT molecular complexity index is 896. The van der Waals surface area contributed by atoms with Crippen molar-refractivity contribution in [1.82, 2.24) is 20.2 Å². The van der Waals surface area contributed by atoms with Crippen molar-refractivity contribution in [3.8, 4) is 0 Å². The van der Waals surface area contributed by atoms with E-state index in [4.69, 9.17) is 0 Å². The van der Waals surface area contributed by atoms with Crippen molar-refractivity contribution >= 4 is 16.7 Å². The molecular formula is C20H22N4O. The molecule has 3 aromatic rings. The van der Waals surface area contributed by atoms with Crippen LogP contribution in [-0.4, -0.2) is 33.4 Å². The van der Waals surface area contributed by atoms with E-state index in [2.05, 4.69) is 45.6 Å². The third-order valence-electron chi connectivity index (χ3n) is 4.79. The Morgan fingerprint density at radius 1 is 1.24 bits per heavy atom. The van der Waals surface area contributed by atoms with Gasteiger partial charge in [0.25, 0.3) is 0 Å². The first kappa shape index (κ1) is 15.8. The van der Waals surface area contributed by atoms with Gasteiger partial charge >= 0.3 is 0 Å². The number of fused-ring (bicyclic) bond motifs is 1. The minimum Gasteiger partial charge on any atom is -0.345 e. The van der Waals surface area contributed by atoms with Gasteiger partial charge in [-0.25, -0.2) is 4.98 Å². The van der Waals surface area contributed by atoms with Crippen LogP contribution in [0, 0.1) is 6.92 Å². The molecule has 1 aliphatic rings. The minimum atomic E-state index is 0.186. The number of nitrogens with one attached hydrogen (secondary N) is 2. The zero-order valence-corrected chi connectivity index (χ0v) is 14.3. The van der Waals surface area contributed by atoms with E-state index in [1.165, 1.54) is 16.3 Å². The minimum absolute atomic E-state index is 0.186. The van der Waals surface area contributed by atoms with Crippen LogP contribution in [0.3, 0.4) is 0 Å². The summed E-state index contributed by atoms with van der Waals surface area (Å²) in [6.45, 7) is 4.06. The molecule has 5 heteroatoms. The molecule has 2 N–H and O–H groups in total. The second kappa shape index (κ2) is 6.69. The summed E-state index contributed by atoms with van der Waals surface area (Å²) in [4.78, 5) is 21.8. The average Bonchev–Trinajstić information content (AvgIpc) is 3.19. The SMILES string of the molecule is Cc1ncc(CNC2CC(=O)N(Cc3cccc4ccccc34)C2)[nH]1. The van der Waals surface area contributed by atoms with E-state index in [0.29, 0.717) is 19.5 Å². The van der Waals surface area contributed by atoms with Gasteiger partial charge in [-0.15, -0.1) is 0 Å². The molecule has 5 nitrogen and oxygen atoms in total. The highest BCUT2D eigenvalue weighted by atomic mass is 16.2. The smallest absolute Gasteiger partial charge is 0.224 e. The molecule has 0 bridgehead atoms. The number of aryl methyl sites for hydroxylation is 1. The van der Waals surface area contributed by atoms with Crippen molar-refractivity contribution in [2.45, 2.75) is 32.5 Å². The van der Waals surface area contributed by atoms with Crippen LogP contribution in [0.25, 0.3) is 10.8 Å². The lowest BCUT2D eigenvalue weighted by Gasteiger charge is -2.18. The topological polar surface area (TPSA) is 61.0 Å². The third-order valence-corrected chi connectivity index (χ3v) is 4.79. The summed E-state index contributed by atoms with van der Waals surface area (Å²) in [7, 11) is 0. The fourth-order valence-corrected chi connectivity index (χ4v) is 3.51. The van der Waals surface area contributed by atoms with Crippen LogP contribution in [0.4, 0.5) is 0 Å². The van der Waals surface area contributed by atoms with E-state index in [0.717, 1.165) is 18.1 Å². The molecule has 128 valence electrons. The highest BCUT2D eigenvalue weighted by molar-refractivity contribution is 5.86. The van der Waals surface area contributed by atoms with Gasteiger partial charge < -0.3 is 15.2 Å². The summed E-state index contributed by atoms with van der Waals surface area (Å²) < 4.78 is 0. The largest absolute Gasteiger partial charge is 0.345 e. The number of imidazole rings is 1. The Balaban J connectivity index is 1.42. The van der Waals surface area contributed by atoms with E-state index < -0.39 is 0 Å². The molecule has 1 amide bonds. The van der Waals surface area contributed by atoms with Crippen LogP contribution in [0.15, 0.2) is 48.7 Å². The maximum Gasteiger partial charge on any atom is 0.224 e. The van der Waals surface area contributed by atoms with Gasteiger partial charge in [0.05, 0.1) is 0 Å². The molecule has 0 saturated carbocycles. The summed E-state index contributed by atoms with van der Waals surface area (Å²) in [6, 6.07) is 14.8. The Morgan fingerprint density at radius 2 is 2.08 bits per heavy atom. The van der Waals surface area contributed by atoms with Crippen molar-refractivity contribution < 1.29 is 4.79 Å². The number of H-pyrrole nitrogens is 1. The Kier molecular flexibility index (Phi) is 4.24. The molecule has 2 aromatic carbocycles. The van der Waals surface area contributed by atoms with Crippen LogP contribution in [0.2, 0.25) is 0 Å². The number of benzene rings is 2. The van der Waals surface area contributed by atoms with Gasteiger partial charge in [-0.1, -0.05) is 42.5 Å². The average molecular weight is 334 g/mol. The molecule has 4 rings (SSSR count). The van der Waals surface area contributed by atoms with Gasteiger partial charge in [0.1, 0.15) is 5.82 Å². The lowest BCUT2D eigenvalue weighted by Crippen LogP contribution is -2.32. The van der Waals surface area contributed by atoms with Crippen molar-refractivity contribution in [2.24, 2.45) is 0 Å². The highest BCUT2D eigenvalue weighted by Gasteiger charge is 2.29. The first-order valence-corrected chi connectivity index (χ1v) is 8.67. The summed E-state index contributed by atoms with van der Waals surface area (Å²) in [5.41, 5.74) is 2.26. The van der Waals surface area contributed by atoms with Gasteiger partial charge in [-0.2, -0.15) is 0 Å². The molecule has 0 radical (unpaired) electrons. The third kappa shape index (κ3) is 3.42. The molecule has 2 heterocycles. The maximum atomic E-state index is 12.4. The quantitative estimate of drug-likeness (QED) is 0.754. The van der Waals surface area contributed by atoms with E-state index >= 15 is 0 Å². The van der Waals surface area contributed by atoms with Gasteiger partial charge in [-0.3, -0.25) is 4.79 Å². The number of rotatable bonds is 5. The number of likely N-dealkylation sites (tertiary alicyclic amines) is 1. The lowest BCUT2D eigenvalue weighted by atomic mass is 10.0. The molecule has 0 aliphatic carbocycles. The van der Waals surface area contributed by atoms with Crippen molar-refractivity contribution in [3.63, 3.8) is 0 Å².